The molecule has 0 amide bonds. The summed E-state index contributed by atoms with van der Waals surface area (Å²) in [7, 11) is -1.49. The van der Waals surface area contributed by atoms with Crippen molar-refractivity contribution in [2.75, 3.05) is 4.90 Å². The van der Waals surface area contributed by atoms with E-state index in [0.29, 0.717) is 11.0 Å². The number of nitrogens with zero attached hydrogens (tertiary/aromatic N) is 2. The maximum atomic E-state index is 9.26. The molecule has 4 nitrogen and oxygen atoms in total. The molecule has 0 saturated carbocycles. The summed E-state index contributed by atoms with van der Waals surface area (Å²) in [5, 5.41) is 27.7. The number of anilines is 3. The smallest absolute Gasteiger partial charge is 0.423 e. The summed E-state index contributed by atoms with van der Waals surface area (Å²) in [6.45, 7) is 0. The SMILES string of the molecule is N#Cc1cccc(N(c2ccccc2)c2ccc(B(O)O)cc2)c1. The summed E-state index contributed by atoms with van der Waals surface area (Å²) >= 11 is 0. The second-order valence-electron chi connectivity index (χ2n) is 5.30. The van der Waals surface area contributed by atoms with Crippen LogP contribution in [0.2, 0.25) is 0 Å². The highest BCUT2D eigenvalue weighted by molar-refractivity contribution is 6.58. The lowest BCUT2D eigenvalue weighted by molar-refractivity contribution is 0.426. The maximum Gasteiger partial charge on any atom is 0.488 e. The number of para-hydroxylation sites is 1. The summed E-state index contributed by atoms with van der Waals surface area (Å²) in [6.07, 6.45) is 0. The summed E-state index contributed by atoms with van der Waals surface area (Å²) in [5.74, 6) is 0. The standard InChI is InChI=1S/C19H15BN2O2/c21-14-15-5-4-8-19(13-15)22(17-6-2-1-3-7-17)18-11-9-16(10-12-18)20(23)24/h1-13,23-24H. The molecular formula is C19H15BN2O2. The zero-order chi connectivity index (χ0) is 16.9. The highest BCUT2D eigenvalue weighted by Gasteiger charge is 2.15. The van der Waals surface area contributed by atoms with Gasteiger partial charge in [0, 0.05) is 17.1 Å². The largest absolute Gasteiger partial charge is 0.488 e. The van der Waals surface area contributed by atoms with Gasteiger partial charge >= 0.3 is 7.12 Å². The zero-order valence-corrected chi connectivity index (χ0v) is 12.9. The third-order valence-corrected chi connectivity index (χ3v) is 3.70. The van der Waals surface area contributed by atoms with Gasteiger partial charge in [-0.05, 0) is 47.9 Å². The first-order chi connectivity index (χ1) is 11.7. The van der Waals surface area contributed by atoms with Crippen molar-refractivity contribution in [3.8, 4) is 6.07 Å². The van der Waals surface area contributed by atoms with Crippen molar-refractivity contribution < 1.29 is 10.0 Å². The summed E-state index contributed by atoms with van der Waals surface area (Å²) in [5.41, 5.74) is 3.68. The van der Waals surface area contributed by atoms with Gasteiger partial charge in [0.15, 0.2) is 0 Å². The van der Waals surface area contributed by atoms with Crippen LogP contribution in [0.3, 0.4) is 0 Å². The molecule has 116 valence electrons. The Morgan fingerprint density at radius 1 is 0.750 bits per heavy atom. The minimum atomic E-state index is -1.49. The molecule has 0 aliphatic rings. The zero-order valence-electron chi connectivity index (χ0n) is 12.9. The molecule has 0 heterocycles. The molecule has 0 spiro atoms. The van der Waals surface area contributed by atoms with Gasteiger partial charge in [0.1, 0.15) is 0 Å². The van der Waals surface area contributed by atoms with Gasteiger partial charge in [0.05, 0.1) is 11.6 Å². The van der Waals surface area contributed by atoms with E-state index in [1.807, 2.05) is 65.6 Å². The molecule has 0 unspecified atom stereocenters. The predicted octanol–water partition coefficient (Wildman–Crippen LogP) is 2.71. The molecule has 3 aromatic carbocycles. The fourth-order valence-corrected chi connectivity index (χ4v) is 2.53. The van der Waals surface area contributed by atoms with Gasteiger partial charge in [-0.1, -0.05) is 36.4 Å². The molecule has 0 bridgehead atoms. The van der Waals surface area contributed by atoms with Crippen LogP contribution in [0.4, 0.5) is 17.1 Å². The highest BCUT2D eigenvalue weighted by atomic mass is 16.4. The van der Waals surface area contributed by atoms with Crippen molar-refractivity contribution in [1.82, 2.24) is 0 Å². The third-order valence-electron chi connectivity index (χ3n) is 3.70. The Labute approximate surface area is 141 Å². The van der Waals surface area contributed by atoms with Crippen molar-refractivity contribution in [2.24, 2.45) is 0 Å². The summed E-state index contributed by atoms with van der Waals surface area (Å²) in [4.78, 5) is 2.01. The fraction of sp³-hybridized carbons (Fsp3) is 0. The molecule has 5 heteroatoms. The Morgan fingerprint density at radius 2 is 1.38 bits per heavy atom. The van der Waals surface area contributed by atoms with E-state index in [0.717, 1.165) is 17.1 Å². The van der Waals surface area contributed by atoms with Crippen LogP contribution in [-0.2, 0) is 0 Å². The molecule has 24 heavy (non-hydrogen) atoms. The minimum absolute atomic E-state index is 0.428. The van der Waals surface area contributed by atoms with Crippen LogP contribution < -0.4 is 10.4 Å². The van der Waals surface area contributed by atoms with Crippen molar-refractivity contribution in [3.63, 3.8) is 0 Å². The Bertz CT molecular complexity index is 859. The van der Waals surface area contributed by atoms with E-state index >= 15 is 0 Å². The van der Waals surface area contributed by atoms with Gasteiger partial charge in [-0.25, -0.2) is 0 Å². The normalized spacial score (nSPS) is 10.0. The fourth-order valence-electron chi connectivity index (χ4n) is 2.53. The van der Waals surface area contributed by atoms with E-state index in [-0.39, 0.29) is 0 Å². The van der Waals surface area contributed by atoms with Crippen LogP contribution in [0.1, 0.15) is 5.56 Å². The topological polar surface area (TPSA) is 67.5 Å². The van der Waals surface area contributed by atoms with Crippen LogP contribution in [0.15, 0.2) is 78.9 Å². The molecule has 2 N–H and O–H groups in total. The van der Waals surface area contributed by atoms with Crippen LogP contribution in [0.25, 0.3) is 0 Å². The molecule has 0 radical (unpaired) electrons. The highest BCUT2D eigenvalue weighted by Crippen LogP contribution is 2.34. The van der Waals surface area contributed by atoms with Crippen LogP contribution in [0, 0.1) is 11.3 Å². The summed E-state index contributed by atoms with van der Waals surface area (Å²) < 4.78 is 0. The quantitative estimate of drug-likeness (QED) is 0.727. The number of hydrogen-bond acceptors (Lipinski definition) is 4. The lowest BCUT2D eigenvalue weighted by Gasteiger charge is -2.25. The van der Waals surface area contributed by atoms with E-state index in [1.165, 1.54) is 0 Å². The molecular weight excluding hydrogens is 299 g/mol. The molecule has 0 atom stereocenters. The number of rotatable bonds is 4. The minimum Gasteiger partial charge on any atom is -0.423 e. The molecule has 0 fully saturated rings. The third kappa shape index (κ3) is 3.30. The predicted molar refractivity (Wildman–Crippen MR) is 95.7 cm³/mol. The Balaban J connectivity index is 2.10. The van der Waals surface area contributed by atoms with Gasteiger partial charge in [-0.2, -0.15) is 5.26 Å². The maximum absolute atomic E-state index is 9.26. The monoisotopic (exact) mass is 314 g/mol. The van der Waals surface area contributed by atoms with Gasteiger partial charge in [0.25, 0.3) is 0 Å². The van der Waals surface area contributed by atoms with Crippen molar-refractivity contribution in [1.29, 1.82) is 5.26 Å². The van der Waals surface area contributed by atoms with Gasteiger partial charge < -0.3 is 14.9 Å². The average Bonchev–Trinajstić information content (AvgIpc) is 2.63. The number of hydrogen-bond donors (Lipinski definition) is 2. The second kappa shape index (κ2) is 7.01. The van der Waals surface area contributed by atoms with E-state index in [2.05, 4.69) is 6.07 Å². The van der Waals surface area contributed by atoms with Gasteiger partial charge in [-0.15, -0.1) is 0 Å². The van der Waals surface area contributed by atoms with E-state index in [9.17, 15) is 10.0 Å². The molecule has 3 aromatic rings. The molecule has 3 rings (SSSR count). The average molecular weight is 314 g/mol. The number of nitriles is 1. The Hall–Kier alpha value is -3.07. The Morgan fingerprint density at radius 3 is 2.00 bits per heavy atom. The molecule has 0 saturated heterocycles. The van der Waals surface area contributed by atoms with Crippen molar-refractivity contribution >= 4 is 29.6 Å². The lowest BCUT2D eigenvalue weighted by Crippen LogP contribution is -2.29. The number of benzene rings is 3. The second-order valence-corrected chi connectivity index (χ2v) is 5.30. The van der Waals surface area contributed by atoms with E-state index < -0.39 is 7.12 Å². The van der Waals surface area contributed by atoms with Crippen LogP contribution in [0.5, 0.6) is 0 Å². The lowest BCUT2D eigenvalue weighted by atomic mass is 9.80. The first kappa shape index (κ1) is 15.8. The molecule has 0 aliphatic heterocycles. The van der Waals surface area contributed by atoms with Gasteiger partial charge in [0.2, 0.25) is 0 Å². The Kier molecular flexibility index (Phi) is 4.62. The first-order valence-electron chi connectivity index (χ1n) is 7.50. The first-order valence-corrected chi connectivity index (χ1v) is 7.50. The van der Waals surface area contributed by atoms with E-state index in [4.69, 9.17) is 5.26 Å². The molecule has 0 aliphatic carbocycles. The van der Waals surface area contributed by atoms with Crippen LogP contribution >= 0.6 is 0 Å². The van der Waals surface area contributed by atoms with Crippen molar-refractivity contribution in [3.05, 3.63) is 84.4 Å². The van der Waals surface area contributed by atoms with Crippen molar-refractivity contribution in [2.45, 2.75) is 0 Å². The van der Waals surface area contributed by atoms with Crippen LogP contribution in [-0.4, -0.2) is 17.2 Å². The van der Waals surface area contributed by atoms with E-state index in [1.54, 1.807) is 18.2 Å². The molecule has 0 aromatic heterocycles. The van der Waals surface area contributed by atoms with Gasteiger partial charge in [-0.3, -0.25) is 0 Å². The summed E-state index contributed by atoms with van der Waals surface area (Å²) in [6, 6.07) is 26.3.